The highest BCUT2D eigenvalue weighted by molar-refractivity contribution is 7.87. The Morgan fingerprint density at radius 3 is 2.50 bits per heavy atom. The zero-order valence-electron chi connectivity index (χ0n) is 9.51. The number of allylic oxidation sites excluding steroid dienone is 1. The van der Waals surface area contributed by atoms with Gasteiger partial charge in [-0.05, 0) is 6.42 Å². The van der Waals surface area contributed by atoms with Gasteiger partial charge in [-0.3, -0.25) is 9.59 Å². The molecule has 0 aliphatic carbocycles. The lowest BCUT2D eigenvalue weighted by Crippen LogP contribution is -2.39. The van der Waals surface area contributed by atoms with Crippen LogP contribution in [0.1, 0.15) is 12.8 Å². The minimum Gasteiger partial charge on any atom is -0.493 e. The Bertz CT molecular complexity index is 651. The van der Waals surface area contributed by atoms with Gasteiger partial charge < -0.3 is 4.74 Å². The summed E-state index contributed by atoms with van der Waals surface area (Å²) in [6.45, 7) is 0. The smallest absolute Gasteiger partial charge is 0.493 e. The summed E-state index contributed by atoms with van der Waals surface area (Å²) in [5.41, 5.74) is -5.83. The molecule has 2 amide bonds. The molecule has 2 saturated heterocycles. The molecular weight excluding hydrogens is 307 g/mol. The number of nitrogens with zero attached hydrogens (tertiary/aromatic N) is 1. The van der Waals surface area contributed by atoms with Crippen molar-refractivity contribution >= 4 is 21.9 Å². The molecule has 0 radical (unpaired) electrons. The number of amides is 2. The second-order valence-electron chi connectivity index (χ2n) is 4.42. The fourth-order valence-corrected chi connectivity index (χ4v) is 2.87. The van der Waals surface area contributed by atoms with Gasteiger partial charge in [0, 0.05) is 6.42 Å². The monoisotopic (exact) mass is 313 g/mol. The molecular formula is C9H6F3NO6S. The first-order chi connectivity index (χ1) is 9.13. The molecule has 11 heteroatoms. The van der Waals surface area contributed by atoms with Crippen molar-refractivity contribution in [3.63, 3.8) is 0 Å². The van der Waals surface area contributed by atoms with Crippen molar-refractivity contribution < 1.29 is 40.2 Å². The molecule has 3 rings (SSSR count). The van der Waals surface area contributed by atoms with Gasteiger partial charge in [0.25, 0.3) is 11.8 Å². The van der Waals surface area contributed by atoms with Crippen LogP contribution in [0.5, 0.6) is 0 Å². The quantitative estimate of drug-likeness (QED) is 0.534. The molecule has 0 spiro atoms. The van der Waals surface area contributed by atoms with Crippen molar-refractivity contribution in [2.45, 2.75) is 24.5 Å². The van der Waals surface area contributed by atoms with E-state index in [2.05, 4.69) is 4.28 Å². The number of fused-ring (bicyclic) bond motifs is 4. The predicted octanol–water partition coefficient (Wildman–Crippen LogP) is 0.199. The second kappa shape index (κ2) is 3.73. The van der Waals surface area contributed by atoms with Crippen molar-refractivity contribution in [2.24, 2.45) is 5.92 Å². The molecule has 0 saturated carbocycles. The molecule has 3 aliphatic rings. The number of halogens is 3. The normalized spacial score (nSPS) is 29.2. The van der Waals surface area contributed by atoms with Gasteiger partial charge in [0.15, 0.2) is 0 Å². The summed E-state index contributed by atoms with van der Waals surface area (Å²) < 4.78 is 67.2. The molecule has 110 valence electrons. The van der Waals surface area contributed by atoms with Crippen LogP contribution in [0.25, 0.3) is 0 Å². The molecule has 2 bridgehead atoms. The van der Waals surface area contributed by atoms with E-state index in [0.717, 1.165) is 0 Å². The number of rotatable bonds is 2. The van der Waals surface area contributed by atoms with E-state index in [1.54, 1.807) is 0 Å². The number of hydroxylamine groups is 2. The Balaban J connectivity index is 1.93. The zero-order chi connectivity index (χ0) is 14.9. The minimum absolute atomic E-state index is 0.108. The second-order valence-corrected chi connectivity index (χ2v) is 5.94. The first-order valence-electron chi connectivity index (χ1n) is 5.42. The summed E-state index contributed by atoms with van der Waals surface area (Å²) in [6.07, 6.45) is 0.191. The molecule has 0 N–H and O–H groups in total. The lowest BCUT2D eigenvalue weighted by Gasteiger charge is -2.16. The number of imide groups is 1. The van der Waals surface area contributed by atoms with Crippen LogP contribution in [-0.2, 0) is 28.7 Å². The van der Waals surface area contributed by atoms with Gasteiger partial charge in [-0.25, -0.2) is 0 Å². The highest BCUT2D eigenvalue weighted by atomic mass is 32.2. The first kappa shape index (κ1) is 13.4. The molecule has 7 nitrogen and oxygen atoms in total. The maximum Gasteiger partial charge on any atom is 0.525 e. The minimum atomic E-state index is -6.07. The fourth-order valence-electron chi connectivity index (χ4n) is 2.45. The average Bonchev–Trinajstić information content (AvgIpc) is 2.97. The van der Waals surface area contributed by atoms with E-state index < -0.39 is 39.5 Å². The standard InChI is InChI=1S/C9H6F3NO6S/c10-9(11,12)20(16,17)19-13-7(14)5-3-1-2-4(18-3)6(5)8(13)15/h3,5H,1-2H2. The molecule has 20 heavy (non-hydrogen) atoms. The summed E-state index contributed by atoms with van der Waals surface area (Å²) in [4.78, 5) is 23.6. The summed E-state index contributed by atoms with van der Waals surface area (Å²) in [6, 6.07) is 0. The van der Waals surface area contributed by atoms with E-state index in [4.69, 9.17) is 4.74 Å². The third kappa shape index (κ3) is 1.59. The van der Waals surface area contributed by atoms with E-state index in [-0.39, 0.29) is 16.4 Å². The van der Waals surface area contributed by atoms with E-state index >= 15 is 0 Å². The average molecular weight is 313 g/mol. The summed E-state index contributed by atoms with van der Waals surface area (Å²) in [5, 5.41) is -0.344. The maximum absolute atomic E-state index is 12.2. The topological polar surface area (TPSA) is 90.0 Å². The number of carbonyl (C=O) groups excluding carboxylic acids is 2. The molecule has 2 atom stereocenters. The molecule has 0 aromatic rings. The van der Waals surface area contributed by atoms with Gasteiger partial charge in [0.2, 0.25) is 0 Å². The van der Waals surface area contributed by atoms with Crippen LogP contribution in [0.15, 0.2) is 11.3 Å². The van der Waals surface area contributed by atoms with Gasteiger partial charge in [-0.1, -0.05) is 0 Å². The van der Waals surface area contributed by atoms with E-state index in [1.807, 2.05) is 0 Å². The molecule has 3 aliphatic heterocycles. The summed E-state index contributed by atoms with van der Waals surface area (Å²) in [5.74, 6) is -3.23. The van der Waals surface area contributed by atoms with Crippen LogP contribution in [0.2, 0.25) is 0 Å². The lowest BCUT2D eigenvalue weighted by molar-refractivity contribution is -0.168. The SMILES string of the molecule is O=C1C2=C3CCC(O3)C2C(=O)N1OS(=O)(=O)C(F)(F)F. The Morgan fingerprint density at radius 1 is 1.30 bits per heavy atom. The Labute approximate surface area is 110 Å². The number of ether oxygens (including phenoxy) is 1. The first-order valence-corrected chi connectivity index (χ1v) is 6.83. The highest BCUT2D eigenvalue weighted by Crippen LogP contribution is 2.47. The van der Waals surface area contributed by atoms with Crippen LogP contribution in [0.4, 0.5) is 13.2 Å². The van der Waals surface area contributed by atoms with Crippen molar-refractivity contribution in [1.29, 1.82) is 0 Å². The van der Waals surface area contributed by atoms with E-state index in [0.29, 0.717) is 12.8 Å². The van der Waals surface area contributed by atoms with Crippen LogP contribution in [0.3, 0.4) is 0 Å². The highest BCUT2D eigenvalue weighted by Gasteiger charge is 2.60. The molecule has 2 unspecified atom stereocenters. The Hall–Kier alpha value is -1.62. The van der Waals surface area contributed by atoms with Gasteiger partial charge in [0.1, 0.15) is 17.8 Å². The van der Waals surface area contributed by atoms with E-state index in [1.165, 1.54) is 0 Å². The zero-order valence-corrected chi connectivity index (χ0v) is 10.3. The Kier molecular flexibility index (Phi) is 2.49. The van der Waals surface area contributed by atoms with Gasteiger partial charge in [-0.2, -0.15) is 21.6 Å². The molecule has 2 fully saturated rings. The third-order valence-electron chi connectivity index (χ3n) is 3.27. The van der Waals surface area contributed by atoms with Crippen molar-refractivity contribution in [2.75, 3.05) is 0 Å². The third-order valence-corrected chi connectivity index (χ3v) is 4.18. The number of carbonyl (C=O) groups is 2. The van der Waals surface area contributed by atoms with Crippen LogP contribution >= 0.6 is 0 Å². The maximum atomic E-state index is 12.2. The van der Waals surface area contributed by atoms with Gasteiger partial charge in [-0.15, -0.1) is 9.35 Å². The summed E-state index contributed by atoms with van der Waals surface area (Å²) >= 11 is 0. The van der Waals surface area contributed by atoms with Gasteiger partial charge in [0.05, 0.1) is 5.57 Å². The molecule has 3 heterocycles. The van der Waals surface area contributed by atoms with Crippen molar-refractivity contribution in [3.05, 3.63) is 11.3 Å². The van der Waals surface area contributed by atoms with Crippen molar-refractivity contribution in [3.8, 4) is 0 Å². The number of hydrogen-bond acceptors (Lipinski definition) is 6. The Morgan fingerprint density at radius 2 is 1.95 bits per heavy atom. The van der Waals surface area contributed by atoms with Crippen LogP contribution < -0.4 is 0 Å². The van der Waals surface area contributed by atoms with Crippen LogP contribution in [0, 0.1) is 5.92 Å². The molecule has 0 aromatic heterocycles. The summed E-state index contributed by atoms with van der Waals surface area (Å²) in [7, 11) is -6.07. The number of alkyl halides is 3. The lowest BCUT2D eigenvalue weighted by atomic mass is 9.89. The van der Waals surface area contributed by atoms with Crippen LogP contribution in [-0.4, -0.2) is 36.9 Å². The molecule has 0 aromatic carbocycles. The fraction of sp³-hybridized carbons (Fsp3) is 0.556. The largest absolute Gasteiger partial charge is 0.525 e. The predicted molar refractivity (Wildman–Crippen MR) is 52.5 cm³/mol. The number of hydrogen-bond donors (Lipinski definition) is 0. The van der Waals surface area contributed by atoms with E-state index in [9.17, 15) is 31.2 Å². The van der Waals surface area contributed by atoms with Gasteiger partial charge >= 0.3 is 15.6 Å². The van der Waals surface area contributed by atoms with Crippen molar-refractivity contribution in [1.82, 2.24) is 5.06 Å².